The van der Waals surface area contributed by atoms with E-state index < -0.39 is 34.9 Å². The van der Waals surface area contributed by atoms with Crippen molar-refractivity contribution in [3.8, 4) is 0 Å². The Morgan fingerprint density at radius 3 is 2.53 bits per heavy atom. The minimum atomic E-state index is -1.17. The van der Waals surface area contributed by atoms with Gasteiger partial charge in [-0.3, -0.25) is 24.2 Å². The number of carbonyl (C=O) groups excluding carboxylic acids is 3. The van der Waals surface area contributed by atoms with Crippen LogP contribution in [0.4, 0.5) is 26.2 Å². The summed E-state index contributed by atoms with van der Waals surface area (Å²) in [7, 11) is 0. The number of hydrogen-bond acceptors (Lipinski definition) is 6. The molecule has 2 aliphatic heterocycles. The van der Waals surface area contributed by atoms with Gasteiger partial charge < -0.3 is 21.3 Å². The Hall–Kier alpha value is -3.83. The van der Waals surface area contributed by atoms with Crippen LogP contribution in [0.15, 0.2) is 23.0 Å². The fraction of sp³-hybridized carbons (Fsp3) is 0.350. The van der Waals surface area contributed by atoms with Crippen molar-refractivity contribution in [2.75, 3.05) is 28.6 Å². The third-order valence-corrected chi connectivity index (χ3v) is 5.64. The number of nitrogens with two attached hydrogens (primary N) is 1. The molecule has 12 heteroatoms. The molecular weight excluding hydrogens is 426 g/mol. The minimum absolute atomic E-state index is 0.0141. The molecule has 0 bridgehead atoms. The van der Waals surface area contributed by atoms with Crippen LogP contribution < -0.4 is 26.8 Å². The van der Waals surface area contributed by atoms with Crippen molar-refractivity contribution in [1.29, 1.82) is 0 Å². The predicted molar refractivity (Wildman–Crippen MR) is 110 cm³/mol. The number of rotatable bonds is 4. The van der Waals surface area contributed by atoms with Gasteiger partial charge in [-0.15, -0.1) is 0 Å². The minimum Gasteiger partial charge on any atom is -0.369 e. The Morgan fingerprint density at radius 1 is 1.16 bits per heavy atom. The third kappa shape index (κ3) is 4.15. The quantitative estimate of drug-likeness (QED) is 0.546. The molecule has 1 atom stereocenters. The number of hydrogen-bond donors (Lipinski definition) is 4. The number of H-pyrrole nitrogens is 1. The number of benzene rings is 1. The molecule has 168 valence electrons. The normalized spacial score (nSPS) is 18.6. The first-order valence-electron chi connectivity index (χ1n) is 9.97. The summed E-state index contributed by atoms with van der Waals surface area (Å²) in [5.41, 5.74) is 4.69. The second-order valence-corrected chi connectivity index (χ2v) is 7.74. The van der Waals surface area contributed by atoms with Crippen LogP contribution in [0.5, 0.6) is 0 Å². The smallest absolute Gasteiger partial charge is 0.258 e. The van der Waals surface area contributed by atoms with Crippen molar-refractivity contribution in [3.05, 3.63) is 45.8 Å². The van der Waals surface area contributed by atoms with Crippen molar-refractivity contribution in [3.63, 3.8) is 0 Å². The standard InChI is InChI=1S/C20H20F2N6O4/c21-12-2-1-10(7-13(12)22)24-18(31)11-8-14(29)25-17-15(11)19(32)27-20(26-17)28-5-3-9(4-6-28)16(23)30/h1-2,7,9,11H,3-6,8H2,(H2,23,30)(H,24,31)(H2,25,26,27,29,32)/t11-/m1/s1. The highest BCUT2D eigenvalue weighted by molar-refractivity contribution is 6.04. The zero-order valence-corrected chi connectivity index (χ0v) is 16.8. The van der Waals surface area contributed by atoms with E-state index >= 15 is 0 Å². The van der Waals surface area contributed by atoms with E-state index in [1.54, 1.807) is 4.90 Å². The van der Waals surface area contributed by atoms with Gasteiger partial charge in [0, 0.05) is 37.2 Å². The Labute approximate surface area is 180 Å². The van der Waals surface area contributed by atoms with Gasteiger partial charge in [-0.25, -0.2) is 8.78 Å². The van der Waals surface area contributed by atoms with Crippen molar-refractivity contribution in [2.24, 2.45) is 11.7 Å². The molecule has 0 aliphatic carbocycles. The van der Waals surface area contributed by atoms with Crippen molar-refractivity contribution in [2.45, 2.75) is 25.2 Å². The lowest BCUT2D eigenvalue weighted by Gasteiger charge is -2.32. The molecule has 0 saturated carbocycles. The number of piperidine rings is 1. The van der Waals surface area contributed by atoms with E-state index in [1.165, 1.54) is 6.07 Å². The summed E-state index contributed by atoms with van der Waals surface area (Å²) in [6.07, 6.45) is 0.695. The van der Waals surface area contributed by atoms with Gasteiger partial charge in [0.2, 0.25) is 23.7 Å². The van der Waals surface area contributed by atoms with Gasteiger partial charge in [-0.05, 0) is 25.0 Å². The van der Waals surface area contributed by atoms with Crippen LogP contribution >= 0.6 is 0 Å². The summed E-state index contributed by atoms with van der Waals surface area (Å²) in [5.74, 6) is -5.08. The van der Waals surface area contributed by atoms with E-state index in [9.17, 15) is 28.0 Å². The maximum absolute atomic E-state index is 13.4. The number of halogens is 2. The highest BCUT2D eigenvalue weighted by atomic mass is 19.2. The molecule has 32 heavy (non-hydrogen) atoms. The molecule has 2 aromatic rings. The summed E-state index contributed by atoms with van der Waals surface area (Å²) in [4.78, 5) is 57.9. The molecule has 2 aliphatic rings. The van der Waals surface area contributed by atoms with Crippen LogP contribution in [0.25, 0.3) is 0 Å². The first-order valence-corrected chi connectivity index (χ1v) is 9.97. The van der Waals surface area contributed by atoms with E-state index in [2.05, 4.69) is 20.6 Å². The molecule has 0 unspecified atom stereocenters. The second-order valence-electron chi connectivity index (χ2n) is 7.74. The Kier molecular flexibility index (Phi) is 5.59. The van der Waals surface area contributed by atoms with Crippen LogP contribution in [-0.2, 0) is 14.4 Å². The molecule has 10 nitrogen and oxygen atoms in total. The van der Waals surface area contributed by atoms with Gasteiger partial charge >= 0.3 is 0 Å². The topological polar surface area (TPSA) is 150 Å². The van der Waals surface area contributed by atoms with Gasteiger partial charge in [-0.2, -0.15) is 4.98 Å². The number of nitrogens with one attached hydrogen (secondary N) is 3. The Bertz CT molecular complexity index is 1160. The Morgan fingerprint density at radius 2 is 1.88 bits per heavy atom. The van der Waals surface area contributed by atoms with Crippen molar-refractivity contribution in [1.82, 2.24) is 9.97 Å². The second kappa shape index (κ2) is 8.36. The molecule has 3 amide bonds. The van der Waals surface area contributed by atoms with Gasteiger partial charge in [-0.1, -0.05) is 0 Å². The maximum atomic E-state index is 13.4. The van der Waals surface area contributed by atoms with Gasteiger partial charge in [0.25, 0.3) is 5.56 Å². The summed E-state index contributed by atoms with van der Waals surface area (Å²) >= 11 is 0. The number of amides is 3. The SMILES string of the molecule is NC(=O)C1CCN(c2nc3c(c(=O)[nH]2)[C@H](C(=O)Nc2ccc(F)c(F)c2)CC(=O)N3)CC1. The molecule has 3 heterocycles. The van der Waals surface area contributed by atoms with Gasteiger partial charge in [0.1, 0.15) is 5.82 Å². The summed E-state index contributed by atoms with van der Waals surface area (Å²) in [5, 5.41) is 4.91. The average molecular weight is 446 g/mol. The summed E-state index contributed by atoms with van der Waals surface area (Å²) in [6, 6.07) is 2.83. The number of aromatic amines is 1. The number of fused-ring (bicyclic) bond motifs is 1. The molecule has 4 rings (SSSR count). The van der Waals surface area contributed by atoms with E-state index in [-0.39, 0.29) is 41.3 Å². The Balaban J connectivity index is 1.59. The molecule has 5 N–H and O–H groups in total. The molecular formula is C20H20F2N6O4. The van der Waals surface area contributed by atoms with Crippen LogP contribution in [0.3, 0.4) is 0 Å². The number of anilines is 3. The van der Waals surface area contributed by atoms with E-state index in [4.69, 9.17) is 5.73 Å². The number of carbonyl (C=O) groups is 3. The molecule has 0 spiro atoms. The maximum Gasteiger partial charge on any atom is 0.258 e. The van der Waals surface area contributed by atoms with Crippen LogP contribution in [0, 0.1) is 17.6 Å². The van der Waals surface area contributed by atoms with E-state index in [0.717, 1.165) is 12.1 Å². The molecule has 1 fully saturated rings. The number of aromatic nitrogens is 2. The lowest BCUT2D eigenvalue weighted by atomic mass is 9.92. The lowest BCUT2D eigenvalue weighted by Crippen LogP contribution is -2.41. The number of nitrogens with zero attached hydrogens (tertiary/aromatic N) is 2. The monoisotopic (exact) mass is 446 g/mol. The molecule has 1 aromatic carbocycles. The van der Waals surface area contributed by atoms with Crippen molar-refractivity contribution >= 4 is 35.2 Å². The average Bonchev–Trinajstić information content (AvgIpc) is 2.75. The van der Waals surface area contributed by atoms with Crippen LogP contribution in [0.1, 0.15) is 30.7 Å². The van der Waals surface area contributed by atoms with E-state index in [1.807, 2.05) is 0 Å². The third-order valence-electron chi connectivity index (χ3n) is 5.64. The molecule has 1 saturated heterocycles. The van der Waals surface area contributed by atoms with Crippen molar-refractivity contribution < 1.29 is 23.2 Å². The first kappa shape index (κ1) is 21.4. The predicted octanol–water partition coefficient (Wildman–Crippen LogP) is 0.814. The van der Waals surface area contributed by atoms with Crippen LogP contribution in [-0.4, -0.2) is 40.8 Å². The summed E-state index contributed by atoms with van der Waals surface area (Å²) < 4.78 is 26.6. The first-order chi connectivity index (χ1) is 15.2. The van der Waals surface area contributed by atoms with E-state index in [0.29, 0.717) is 25.9 Å². The molecule has 1 aromatic heterocycles. The number of primary amides is 1. The highest BCUT2D eigenvalue weighted by Crippen LogP contribution is 2.31. The largest absolute Gasteiger partial charge is 0.369 e. The molecule has 0 radical (unpaired) electrons. The zero-order chi connectivity index (χ0) is 23.0. The lowest BCUT2D eigenvalue weighted by molar-refractivity contribution is -0.123. The fourth-order valence-electron chi connectivity index (χ4n) is 3.91. The van der Waals surface area contributed by atoms with Gasteiger partial charge in [0.15, 0.2) is 11.6 Å². The summed E-state index contributed by atoms with van der Waals surface area (Å²) in [6.45, 7) is 0.868. The fourth-order valence-corrected chi connectivity index (χ4v) is 3.91. The highest BCUT2D eigenvalue weighted by Gasteiger charge is 2.35. The van der Waals surface area contributed by atoms with Gasteiger partial charge in [0.05, 0.1) is 11.5 Å². The van der Waals surface area contributed by atoms with Crippen LogP contribution in [0.2, 0.25) is 0 Å². The zero-order valence-electron chi connectivity index (χ0n) is 16.8.